The van der Waals surface area contributed by atoms with Gasteiger partial charge in [0.25, 0.3) is 0 Å². The summed E-state index contributed by atoms with van der Waals surface area (Å²) in [5.74, 6) is -0.971. The fourth-order valence-electron chi connectivity index (χ4n) is 3.44. The second kappa shape index (κ2) is 4.27. The highest BCUT2D eigenvalue weighted by Crippen LogP contribution is 2.18. The van der Waals surface area contributed by atoms with Crippen molar-refractivity contribution in [3.05, 3.63) is 67.9 Å². The third-order valence-electron chi connectivity index (χ3n) is 4.36. The Hall–Kier alpha value is -1.96. The molecule has 0 nitrogen and oxygen atoms in total. The molecular weight excluding hydrogens is 254 g/mol. The van der Waals surface area contributed by atoms with Gasteiger partial charge in [0.2, 0.25) is 0 Å². The molecular formula is C18H14F2. The summed E-state index contributed by atoms with van der Waals surface area (Å²) in [6.07, 6.45) is 8.24. The van der Waals surface area contributed by atoms with Gasteiger partial charge >= 0.3 is 0 Å². The minimum absolute atomic E-state index is 0.463. The summed E-state index contributed by atoms with van der Waals surface area (Å²) in [6.45, 7) is 0. The van der Waals surface area contributed by atoms with E-state index in [-0.39, 0.29) is 0 Å². The Morgan fingerprint density at radius 1 is 0.900 bits per heavy atom. The van der Waals surface area contributed by atoms with Gasteiger partial charge in [0.05, 0.1) is 0 Å². The number of fused-ring (bicyclic) bond motifs is 4. The summed E-state index contributed by atoms with van der Waals surface area (Å²) in [7, 11) is 0. The minimum atomic E-state index is -0.508. The molecule has 0 N–H and O–H groups in total. The lowest BCUT2D eigenvalue weighted by molar-refractivity contribution is 0.575. The molecule has 0 fully saturated rings. The molecule has 2 heteroatoms. The lowest BCUT2D eigenvalue weighted by Gasteiger charge is -2.16. The molecule has 0 aliphatic heterocycles. The summed E-state index contributed by atoms with van der Waals surface area (Å²) >= 11 is 0. The summed E-state index contributed by atoms with van der Waals surface area (Å²) in [5.41, 5.74) is 2.61. The van der Waals surface area contributed by atoms with E-state index in [2.05, 4.69) is 12.1 Å². The summed E-state index contributed by atoms with van der Waals surface area (Å²) in [6, 6.07) is 6.52. The van der Waals surface area contributed by atoms with Crippen molar-refractivity contribution >= 4 is 12.2 Å². The molecule has 0 bridgehead atoms. The van der Waals surface area contributed by atoms with E-state index in [4.69, 9.17) is 0 Å². The molecule has 0 heterocycles. The van der Waals surface area contributed by atoms with Crippen LogP contribution in [-0.4, -0.2) is 0 Å². The van der Waals surface area contributed by atoms with Crippen LogP contribution in [0, 0.1) is 22.1 Å². The Kier molecular flexibility index (Phi) is 2.53. The zero-order valence-corrected chi connectivity index (χ0v) is 11.0. The minimum Gasteiger partial charge on any atom is -0.207 e. The quantitative estimate of drug-likeness (QED) is 0.689. The third kappa shape index (κ3) is 1.64. The largest absolute Gasteiger partial charge is 0.207 e. The first-order valence-corrected chi connectivity index (χ1v) is 7.04. The third-order valence-corrected chi connectivity index (χ3v) is 4.36. The van der Waals surface area contributed by atoms with Gasteiger partial charge in [-0.3, -0.25) is 0 Å². The average Bonchev–Trinajstić information content (AvgIpc) is 2.46. The first kappa shape index (κ1) is 11.8. The molecule has 0 radical (unpaired) electrons. The van der Waals surface area contributed by atoms with Crippen LogP contribution in [0.25, 0.3) is 12.2 Å². The van der Waals surface area contributed by atoms with Crippen LogP contribution >= 0.6 is 0 Å². The van der Waals surface area contributed by atoms with E-state index in [0.29, 0.717) is 10.4 Å². The highest BCUT2D eigenvalue weighted by Gasteiger charge is 2.13. The van der Waals surface area contributed by atoms with Gasteiger partial charge in [-0.2, -0.15) is 0 Å². The molecule has 0 aromatic heterocycles. The zero-order valence-electron chi connectivity index (χ0n) is 11.0. The Morgan fingerprint density at radius 3 is 2.70 bits per heavy atom. The summed E-state index contributed by atoms with van der Waals surface area (Å²) in [5, 5.41) is 3.52. The van der Waals surface area contributed by atoms with Crippen LogP contribution in [0.15, 0.2) is 24.3 Å². The van der Waals surface area contributed by atoms with Crippen LogP contribution in [0.5, 0.6) is 0 Å². The van der Waals surface area contributed by atoms with Crippen molar-refractivity contribution in [2.45, 2.75) is 25.7 Å². The highest BCUT2D eigenvalue weighted by atomic mass is 19.1. The van der Waals surface area contributed by atoms with Gasteiger partial charge in [-0.1, -0.05) is 24.3 Å². The van der Waals surface area contributed by atoms with Crippen LogP contribution < -0.4 is 10.4 Å². The maximum absolute atomic E-state index is 13.9. The van der Waals surface area contributed by atoms with Crippen molar-refractivity contribution in [2.75, 3.05) is 0 Å². The molecule has 100 valence electrons. The number of hydrogen-bond acceptors (Lipinski definition) is 0. The van der Waals surface area contributed by atoms with Crippen molar-refractivity contribution < 1.29 is 8.78 Å². The average molecular weight is 268 g/mol. The Morgan fingerprint density at radius 2 is 1.80 bits per heavy atom. The molecule has 2 aliphatic carbocycles. The predicted octanol–water partition coefficient (Wildman–Crippen LogP) is 2.71. The van der Waals surface area contributed by atoms with Crippen molar-refractivity contribution in [1.82, 2.24) is 0 Å². The Bertz CT molecular complexity index is 923. The fraction of sp³-hybridized carbons (Fsp3) is 0.222. The van der Waals surface area contributed by atoms with E-state index in [1.165, 1.54) is 22.4 Å². The predicted molar refractivity (Wildman–Crippen MR) is 75.3 cm³/mol. The van der Waals surface area contributed by atoms with Gasteiger partial charge in [0, 0.05) is 11.3 Å². The molecule has 0 saturated carbocycles. The zero-order chi connectivity index (χ0) is 13.7. The lowest BCUT2D eigenvalue weighted by atomic mass is 9.89. The van der Waals surface area contributed by atoms with Crippen molar-refractivity contribution in [3.63, 3.8) is 0 Å². The van der Waals surface area contributed by atoms with Crippen LogP contribution in [0.4, 0.5) is 8.78 Å². The second-order valence-corrected chi connectivity index (χ2v) is 5.51. The van der Waals surface area contributed by atoms with Crippen LogP contribution in [0.2, 0.25) is 0 Å². The molecule has 0 atom stereocenters. The van der Waals surface area contributed by atoms with E-state index >= 15 is 0 Å². The summed E-state index contributed by atoms with van der Waals surface area (Å²) in [4.78, 5) is 0. The smallest absolute Gasteiger partial charge is 0.133 e. The van der Waals surface area contributed by atoms with E-state index in [1.54, 1.807) is 0 Å². The van der Waals surface area contributed by atoms with Crippen molar-refractivity contribution in [3.8, 4) is 0 Å². The van der Waals surface area contributed by atoms with Gasteiger partial charge in [-0.15, -0.1) is 0 Å². The van der Waals surface area contributed by atoms with Gasteiger partial charge in [-0.05, 0) is 58.5 Å². The van der Waals surface area contributed by atoms with E-state index in [1.807, 2.05) is 12.1 Å². The number of halogens is 2. The standard InChI is InChI=1S/C18H14F2/c19-12-9-17-15-6-5-11-3-1-2-4-13(11)14(15)7-8-16(17)18(20)10-12/h3,5-6,8-10H,1-2,4,7H2. The molecule has 2 aliphatic rings. The van der Waals surface area contributed by atoms with Crippen LogP contribution in [0.1, 0.15) is 24.0 Å². The molecule has 2 aromatic rings. The highest BCUT2D eigenvalue weighted by molar-refractivity contribution is 5.47. The first-order valence-electron chi connectivity index (χ1n) is 7.04. The van der Waals surface area contributed by atoms with E-state index < -0.39 is 11.6 Å². The van der Waals surface area contributed by atoms with Crippen molar-refractivity contribution in [1.29, 1.82) is 0 Å². The maximum atomic E-state index is 13.9. The molecule has 0 spiro atoms. The van der Waals surface area contributed by atoms with Gasteiger partial charge in [0.15, 0.2) is 0 Å². The molecule has 2 aromatic carbocycles. The molecule has 20 heavy (non-hydrogen) atoms. The monoisotopic (exact) mass is 268 g/mol. The number of rotatable bonds is 0. The SMILES string of the molecule is Fc1cc(F)c2c(c1)=c1ccc3c(c1CC=2)CCCC=3. The van der Waals surface area contributed by atoms with E-state index in [0.717, 1.165) is 37.0 Å². The number of hydrogen-bond donors (Lipinski definition) is 0. The van der Waals surface area contributed by atoms with Crippen LogP contribution in [-0.2, 0) is 12.8 Å². The molecule has 0 amide bonds. The topological polar surface area (TPSA) is 0 Å². The van der Waals surface area contributed by atoms with Gasteiger partial charge in [0.1, 0.15) is 11.6 Å². The lowest BCUT2D eigenvalue weighted by Crippen LogP contribution is -2.21. The summed E-state index contributed by atoms with van der Waals surface area (Å²) < 4.78 is 27.4. The first-order chi connectivity index (χ1) is 9.74. The van der Waals surface area contributed by atoms with Crippen LogP contribution in [0.3, 0.4) is 0 Å². The van der Waals surface area contributed by atoms with Crippen molar-refractivity contribution in [2.24, 2.45) is 0 Å². The fourth-order valence-corrected chi connectivity index (χ4v) is 3.44. The second-order valence-electron chi connectivity index (χ2n) is 5.51. The normalized spacial score (nSPS) is 15.5. The molecule has 4 rings (SSSR count). The Balaban J connectivity index is 2.25. The molecule has 0 saturated heterocycles. The van der Waals surface area contributed by atoms with Gasteiger partial charge in [-0.25, -0.2) is 8.78 Å². The van der Waals surface area contributed by atoms with Gasteiger partial charge < -0.3 is 0 Å². The van der Waals surface area contributed by atoms with E-state index in [9.17, 15) is 8.78 Å². The molecule has 0 unspecified atom stereocenters. The maximum Gasteiger partial charge on any atom is 0.133 e. The number of benzene rings is 2. The Labute approximate surface area is 115 Å².